The molecule has 2 aromatic rings. The van der Waals surface area contributed by atoms with Gasteiger partial charge in [-0.2, -0.15) is 0 Å². The number of likely N-dealkylation sites (tertiary alicyclic amines) is 1. The number of hydrogen-bond acceptors (Lipinski definition) is 6. The lowest BCUT2D eigenvalue weighted by Crippen LogP contribution is -2.42. The van der Waals surface area contributed by atoms with Gasteiger partial charge in [0.05, 0.1) is 37.2 Å². The Morgan fingerprint density at radius 1 is 1.12 bits per heavy atom. The molecule has 1 amide bonds. The van der Waals surface area contributed by atoms with Crippen LogP contribution in [0.25, 0.3) is 0 Å². The van der Waals surface area contributed by atoms with Crippen LogP contribution < -0.4 is 9.46 Å². The van der Waals surface area contributed by atoms with Crippen molar-refractivity contribution in [1.29, 1.82) is 0 Å². The number of nitrogens with one attached hydrogen (secondary N) is 1. The van der Waals surface area contributed by atoms with Crippen LogP contribution in [0.15, 0.2) is 42.5 Å². The van der Waals surface area contributed by atoms with E-state index in [1.165, 1.54) is 0 Å². The van der Waals surface area contributed by atoms with E-state index in [4.69, 9.17) is 14.2 Å². The Kier molecular flexibility index (Phi) is 7.16. The summed E-state index contributed by atoms with van der Waals surface area (Å²) in [5, 5.41) is -0.553. The summed E-state index contributed by atoms with van der Waals surface area (Å²) < 4.78 is 45.0. The monoisotopic (exact) mass is 488 g/mol. The molecule has 184 valence electrons. The Balaban J connectivity index is 1.45. The smallest absolute Gasteiger partial charge is 0.254 e. The molecule has 0 aromatic heterocycles. The lowest BCUT2D eigenvalue weighted by Gasteiger charge is -2.31. The fraction of sp³-hybridized carbons (Fsp3) is 0.480. The largest absolute Gasteiger partial charge is 0.486 e. The van der Waals surface area contributed by atoms with E-state index in [2.05, 4.69) is 4.72 Å². The zero-order chi connectivity index (χ0) is 24.5. The van der Waals surface area contributed by atoms with E-state index in [1.807, 2.05) is 32.0 Å². The molecule has 34 heavy (non-hydrogen) atoms. The first kappa shape index (κ1) is 24.5. The lowest BCUT2D eigenvalue weighted by molar-refractivity contribution is -0.0313. The number of aryl methyl sites for hydroxylation is 2. The van der Waals surface area contributed by atoms with Crippen LogP contribution in [0.4, 0.5) is 5.69 Å². The fourth-order valence-corrected chi connectivity index (χ4v) is 5.53. The van der Waals surface area contributed by atoms with Crippen LogP contribution in [0.5, 0.6) is 5.75 Å². The molecule has 0 radical (unpaired) electrons. The predicted molar refractivity (Wildman–Crippen MR) is 130 cm³/mol. The van der Waals surface area contributed by atoms with Crippen molar-refractivity contribution in [2.75, 3.05) is 38.1 Å². The summed E-state index contributed by atoms with van der Waals surface area (Å²) in [5.41, 5.74) is 3.07. The highest BCUT2D eigenvalue weighted by Crippen LogP contribution is 2.27. The van der Waals surface area contributed by atoms with Gasteiger partial charge in [-0.3, -0.25) is 9.52 Å². The molecule has 2 fully saturated rings. The highest BCUT2D eigenvalue weighted by molar-refractivity contribution is 7.93. The van der Waals surface area contributed by atoms with E-state index >= 15 is 0 Å². The van der Waals surface area contributed by atoms with Crippen LogP contribution in [-0.2, 0) is 19.5 Å². The number of ether oxygens (including phenoxy) is 3. The molecule has 0 aliphatic carbocycles. The summed E-state index contributed by atoms with van der Waals surface area (Å²) in [6.45, 7) is 7.30. The summed E-state index contributed by atoms with van der Waals surface area (Å²) in [6.07, 6.45) is -0.676. The number of hydrogen-bond donors (Lipinski definition) is 1. The second-order valence-electron chi connectivity index (χ2n) is 9.14. The minimum Gasteiger partial charge on any atom is -0.486 e. The summed E-state index contributed by atoms with van der Waals surface area (Å²) in [6, 6.07) is 12.7. The first-order chi connectivity index (χ1) is 16.2. The zero-order valence-electron chi connectivity index (χ0n) is 20.0. The van der Waals surface area contributed by atoms with Crippen LogP contribution >= 0.6 is 0 Å². The number of methoxy groups -OCH3 is 1. The Bertz CT molecular complexity index is 1150. The average molecular weight is 489 g/mol. The Morgan fingerprint density at radius 3 is 2.53 bits per heavy atom. The first-order valence-electron chi connectivity index (χ1n) is 11.4. The second kappa shape index (κ2) is 9.93. The number of benzene rings is 2. The Morgan fingerprint density at radius 2 is 1.85 bits per heavy atom. The van der Waals surface area contributed by atoms with E-state index in [-0.39, 0.29) is 24.0 Å². The van der Waals surface area contributed by atoms with Gasteiger partial charge < -0.3 is 19.1 Å². The van der Waals surface area contributed by atoms with Gasteiger partial charge in [0, 0.05) is 24.7 Å². The van der Waals surface area contributed by atoms with Crippen LogP contribution in [0.3, 0.4) is 0 Å². The van der Waals surface area contributed by atoms with Gasteiger partial charge in [0.1, 0.15) is 18.0 Å². The molecule has 3 unspecified atom stereocenters. The topological polar surface area (TPSA) is 94.2 Å². The minimum absolute atomic E-state index is 0.00144. The van der Waals surface area contributed by atoms with Gasteiger partial charge in [0.15, 0.2) is 0 Å². The highest BCUT2D eigenvalue weighted by atomic mass is 32.2. The number of sulfonamides is 1. The number of carbonyl (C=O) groups is 1. The van der Waals surface area contributed by atoms with E-state index in [0.717, 1.165) is 11.1 Å². The summed E-state index contributed by atoms with van der Waals surface area (Å²) in [4.78, 5) is 14.9. The predicted octanol–water partition coefficient (Wildman–Crippen LogP) is 3.00. The normalized spacial score (nSPS) is 21.7. The van der Waals surface area contributed by atoms with Gasteiger partial charge in [-0.15, -0.1) is 0 Å². The van der Waals surface area contributed by atoms with Gasteiger partial charge >= 0.3 is 0 Å². The van der Waals surface area contributed by atoms with Crippen molar-refractivity contribution in [3.8, 4) is 5.75 Å². The number of nitrogens with zero attached hydrogens (tertiary/aromatic N) is 1. The van der Waals surface area contributed by atoms with Crippen LogP contribution in [-0.4, -0.2) is 70.1 Å². The number of amides is 1. The Hall–Kier alpha value is -2.62. The molecule has 0 saturated carbocycles. The highest BCUT2D eigenvalue weighted by Gasteiger charge is 2.38. The molecule has 0 spiro atoms. The van der Waals surface area contributed by atoms with Crippen molar-refractivity contribution in [2.24, 2.45) is 5.92 Å². The van der Waals surface area contributed by atoms with Crippen molar-refractivity contribution in [3.63, 3.8) is 0 Å². The second-order valence-corrected chi connectivity index (χ2v) is 11.2. The van der Waals surface area contributed by atoms with Crippen LogP contribution in [0, 0.1) is 19.8 Å². The third-order valence-electron chi connectivity index (χ3n) is 6.63. The molecular weight excluding hydrogens is 456 g/mol. The maximum Gasteiger partial charge on any atom is 0.254 e. The van der Waals surface area contributed by atoms with Crippen molar-refractivity contribution in [1.82, 2.24) is 4.90 Å². The zero-order valence-corrected chi connectivity index (χ0v) is 20.8. The third-order valence-corrected chi connectivity index (χ3v) is 8.51. The molecule has 3 atom stereocenters. The minimum atomic E-state index is -3.55. The van der Waals surface area contributed by atoms with Crippen molar-refractivity contribution in [3.05, 3.63) is 59.2 Å². The van der Waals surface area contributed by atoms with Gasteiger partial charge in [0.2, 0.25) is 10.0 Å². The third kappa shape index (κ3) is 5.21. The molecule has 4 rings (SSSR count). The lowest BCUT2D eigenvalue weighted by atomic mass is 10.0. The quantitative estimate of drug-likeness (QED) is 0.614. The molecule has 2 aromatic carbocycles. The molecule has 2 saturated heterocycles. The summed E-state index contributed by atoms with van der Waals surface area (Å²) in [5.74, 6) is 0.455. The van der Waals surface area contributed by atoms with Gasteiger partial charge in [-0.1, -0.05) is 23.8 Å². The average Bonchev–Trinajstić information content (AvgIpc) is 3.16. The van der Waals surface area contributed by atoms with Crippen LogP contribution in [0.1, 0.15) is 28.4 Å². The van der Waals surface area contributed by atoms with E-state index in [0.29, 0.717) is 43.3 Å². The molecule has 9 heteroatoms. The van der Waals surface area contributed by atoms with Crippen molar-refractivity contribution in [2.45, 2.75) is 38.2 Å². The maximum absolute atomic E-state index is 13.2. The summed E-state index contributed by atoms with van der Waals surface area (Å²) >= 11 is 0. The van der Waals surface area contributed by atoms with Gasteiger partial charge in [-0.25, -0.2) is 8.42 Å². The molecule has 2 heterocycles. The molecular formula is C25H32N2O6S. The van der Waals surface area contributed by atoms with E-state index in [9.17, 15) is 13.2 Å². The molecule has 1 N–H and O–H groups in total. The maximum atomic E-state index is 13.2. The van der Waals surface area contributed by atoms with Crippen LogP contribution in [0.2, 0.25) is 0 Å². The fourth-order valence-electron chi connectivity index (χ4n) is 4.23. The standard InChI is InChI=1S/C25H32N2O6S/c1-16-8-9-17(2)22(10-16)25(28)27-12-23(31-4)24(13-27)33-21-7-5-6-20(11-21)26-34(29,30)18(3)19-14-32-15-19/h5-11,18-19,23-24,26H,12-15H2,1-4H3. The first-order valence-corrected chi connectivity index (χ1v) is 13.0. The SMILES string of the molecule is COC1CN(C(=O)c2cc(C)ccc2C)CC1Oc1cccc(NS(=O)(=O)C(C)C2COC2)c1. The van der Waals surface area contributed by atoms with E-state index < -0.39 is 15.3 Å². The summed E-state index contributed by atoms with van der Waals surface area (Å²) in [7, 11) is -1.95. The van der Waals surface area contributed by atoms with Gasteiger partial charge in [0.25, 0.3) is 5.91 Å². The van der Waals surface area contributed by atoms with Crippen molar-refractivity contribution < 1.29 is 27.4 Å². The van der Waals surface area contributed by atoms with Gasteiger partial charge in [-0.05, 0) is 44.5 Å². The molecule has 0 bridgehead atoms. The number of carbonyl (C=O) groups excluding carboxylic acids is 1. The van der Waals surface area contributed by atoms with E-state index in [1.54, 1.807) is 43.2 Å². The molecule has 2 aliphatic heterocycles. The van der Waals surface area contributed by atoms with Crippen molar-refractivity contribution >= 4 is 21.6 Å². The molecule has 8 nitrogen and oxygen atoms in total. The molecule has 2 aliphatic rings. The Labute approximate surface area is 201 Å². The number of rotatable bonds is 8. The number of anilines is 1.